The van der Waals surface area contributed by atoms with Crippen LogP contribution in [-0.2, 0) is 13.0 Å². The van der Waals surface area contributed by atoms with Crippen LogP contribution < -0.4 is 10.3 Å². The van der Waals surface area contributed by atoms with E-state index in [0.29, 0.717) is 17.4 Å². The van der Waals surface area contributed by atoms with Gasteiger partial charge < -0.3 is 4.74 Å². The van der Waals surface area contributed by atoms with Gasteiger partial charge in [-0.15, -0.1) is 0 Å². The number of rotatable bonds is 2. The number of hydrogen-bond donors (Lipinski definition) is 0. The molecule has 0 N–H and O–H groups in total. The number of aromatic nitrogens is 3. The standard InChI is InChI=1S/C17H15N3O2/c21-17-14-7-8-18-9-15(14)19-11-20(17)10-13-6-5-12-3-1-2-4-16(12)22-13/h1-4,7-9,11,13H,5-6,10H2/t13-/m1/s1. The van der Waals surface area contributed by atoms with E-state index in [1.165, 1.54) is 5.56 Å². The SMILES string of the molecule is O=c1c2ccncc2ncn1C[C@H]1CCc2ccccc2O1. The van der Waals surface area contributed by atoms with Gasteiger partial charge in [0.15, 0.2) is 0 Å². The molecule has 0 saturated heterocycles. The summed E-state index contributed by atoms with van der Waals surface area (Å²) < 4.78 is 7.63. The number of aryl methyl sites for hydroxylation is 1. The molecule has 1 aliphatic rings. The number of nitrogens with zero attached hydrogens (tertiary/aromatic N) is 3. The monoisotopic (exact) mass is 293 g/mol. The van der Waals surface area contributed by atoms with Crippen molar-refractivity contribution < 1.29 is 4.74 Å². The summed E-state index contributed by atoms with van der Waals surface area (Å²) in [6.07, 6.45) is 6.67. The Kier molecular flexibility index (Phi) is 3.11. The van der Waals surface area contributed by atoms with E-state index in [0.717, 1.165) is 18.6 Å². The first-order chi connectivity index (χ1) is 10.8. The summed E-state index contributed by atoms with van der Waals surface area (Å²) in [6, 6.07) is 9.77. The Hall–Kier alpha value is -2.69. The molecule has 2 aromatic heterocycles. The van der Waals surface area contributed by atoms with Gasteiger partial charge in [-0.25, -0.2) is 4.98 Å². The second-order valence-corrected chi connectivity index (χ2v) is 5.48. The fourth-order valence-electron chi connectivity index (χ4n) is 2.87. The first kappa shape index (κ1) is 13.0. The van der Waals surface area contributed by atoms with Crippen molar-refractivity contribution in [2.45, 2.75) is 25.5 Å². The molecule has 5 nitrogen and oxygen atoms in total. The molecule has 0 fully saturated rings. The van der Waals surface area contributed by atoms with Crippen molar-refractivity contribution in [3.8, 4) is 5.75 Å². The fraction of sp³-hybridized carbons (Fsp3) is 0.235. The van der Waals surface area contributed by atoms with E-state index >= 15 is 0 Å². The molecule has 0 unspecified atom stereocenters. The van der Waals surface area contributed by atoms with E-state index in [4.69, 9.17) is 4.74 Å². The number of fused-ring (bicyclic) bond motifs is 2. The average Bonchev–Trinajstić information content (AvgIpc) is 2.57. The molecule has 4 rings (SSSR count). The maximum Gasteiger partial charge on any atom is 0.261 e. The topological polar surface area (TPSA) is 57.0 Å². The van der Waals surface area contributed by atoms with Gasteiger partial charge in [0.2, 0.25) is 0 Å². The lowest BCUT2D eigenvalue weighted by Gasteiger charge is -2.26. The Labute approximate surface area is 127 Å². The van der Waals surface area contributed by atoms with Crippen LogP contribution in [0.15, 0.2) is 53.8 Å². The van der Waals surface area contributed by atoms with Crippen molar-refractivity contribution in [2.24, 2.45) is 0 Å². The Balaban J connectivity index is 1.62. The van der Waals surface area contributed by atoms with E-state index in [-0.39, 0.29) is 11.7 Å². The highest BCUT2D eigenvalue weighted by molar-refractivity contribution is 5.75. The summed E-state index contributed by atoms with van der Waals surface area (Å²) in [6.45, 7) is 0.512. The molecule has 110 valence electrons. The van der Waals surface area contributed by atoms with Crippen LogP contribution in [0.1, 0.15) is 12.0 Å². The summed E-state index contributed by atoms with van der Waals surface area (Å²) in [5.74, 6) is 0.921. The summed E-state index contributed by atoms with van der Waals surface area (Å²) >= 11 is 0. The Bertz CT molecular complexity index is 888. The Morgan fingerprint density at radius 3 is 3.14 bits per heavy atom. The van der Waals surface area contributed by atoms with Gasteiger partial charge >= 0.3 is 0 Å². The fourth-order valence-corrected chi connectivity index (χ4v) is 2.87. The van der Waals surface area contributed by atoms with Crippen LogP contribution in [-0.4, -0.2) is 20.6 Å². The van der Waals surface area contributed by atoms with E-state index in [1.807, 2.05) is 18.2 Å². The molecule has 3 aromatic rings. The van der Waals surface area contributed by atoms with Crippen LogP contribution >= 0.6 is 0 Å². The van der Waals surface area contributed by atoms with Crippen molar-refractivity contribution in [3.05, 3.63) is 65.0 Å². The summed E-state index contributed by atoms with van der Waals surface area (Å²) in [7, 11) is 0. The van der Waals surface area contributed by atoms with Crippen LogP contribution in [0.25, 0.3) is 10.9 Å². The minimum atomic E-state index is -0.0464. The molecule has 0 aliphatic carbocycles. The van der Waals surface area contributed by atoms with E-state index in [2.05, 4.69) is 16.0 Å². The molecule has 5 heteroatoms. The lowest BCUT2D eigenvalue weighted by molar-refractivity contribution is 0.152. The quantitative estimate of drug-likeness (QED) is 0.726. The second kappa shape index (κ2) is 5.26. The van der Waals surface area contributed by atoms with Gasteiger partial charge in [0.1, 0.15) is 11.9 Å². The van der Waals surface area contributed by atoms with E-state index in [1.54, 1.807) is 29.4 Å². The lowest BCUT2D eigenvalue weighted by atomic mass is 10.0. The third-order valence-electron chi connectivity index (χ3n) is 4.03. The number of benzene rings is 1. The zero-order valence-electron chi connectivity index (χ0n) is 12.0. The second-order valence-electron chi connectivity index (χ2n) is 5.48. The van der Waals surface area contributed by atoms with Crippen LogP contribution in [0.5, 0.6) is 5.75 Å². The molecule has 0 saturated carbocycles. The normalized spacial score (nSPS) is 17.0. The number of ether oxygens (including phenoxy) is 1. The first-order valence-electron chi connectivity index (χ1n) is 7.35. The molecule has 22 heavy (non-hydrogen) atoms. The zero-order valence-corrected chi connectivity index (χ0v) is 12.0. The zero-order chi connectivity index (χ0) is 14.9. The molecule has 0 radical (unpaired) electrons. The van der Waals surface area contributed by atoms with Gasteiger partial charge in [0, 0.05) is 6.20 Å². The Morgan fingerprint density at radius 2 is 2.18 bits per heavy atom. The molecule has 0 bridgehead atoms. The molecule has 0 spiro atoms. The predicted octanol–water partition coefficient (Wildman–Crippen LogP) is 2.19. The van der Waals surface area contributed by atoms with Gasteiger partial charge in [-0.1, -0.05) is 18.2 Å². The van der Waals surface area contributed by atoms with Gasteiger partial charge in [-0.2, -0.15) is 0 Å². The maximum atomic E-state index is 12.5. The van der Waals surface area contributed by atoms with Crippen molar-refractivity contribution >= 4 is 10.9 Å². The summed E-state index contributed by atoms with van der Waals surface area (Å²) in [5.41, 5.74) is 1.81. The number of hydrogen-bond acceptors (Lipinski definition) is 4. The predicted molar refractivity (Wildman–Crippen MR) is 83.0 cm³/mol. The van der Waals surface area contributed by atoms with E-state index < -0.39 is 0 Å². The highest BCUT2D eigenvalue weighted by Crippen LogP contribution is 2.27. The molecule has 1 aromatic carbocycles. The minimum Gasteiger partial charge on any atom is -0.488 e. The highest BCUT2D eigenvalue weighted by atomic mass is 16.5. The largest absolute Gasteiger partial charge is 0.488 e. The van der Waals surface area contributed by atoms with E-state index in [9.17, 15) is 4.79 Å². The third-order valence-corrected chi connectivity index (χ3v) is 4.03. The van der Waals surface area contributed by atoms with Crippen molar-refractivity contribution in [2.75, 3.05) is 0 Å². The van der Waals surface area contributed by atoms with Crippen molar-refractivity contribution in [1.29, 1.82) is 0 Å². The molecule has 1 aliphatic heterocycles. The van der Waals surface area contributed by atoms with Crippen molar-refractivity contribution in [1.82, 2.24) is 14.5 Å². The minimum absolute atomic E-state index is 0.00585. The molecule has 3 heterocycles. The van der Waals surface area contributed by atoms with Crippen LogP contribution in [0.4, 0.5) is 0 Å². The average molecular weight is 293 g/mol. The molecular weight excluding hydrogens is 278 g/mol. The summed E-state index contributed by atoms with van der Waals surface area (Å²) in [4.78, 5) is 20.8. The number of para-hydroxylation sites is 1. The molecular formula is C17H15N3O2. The van der Waals surface area contributed by atoms with Gasteiger partial charge in [0.05, 0.1) is 30.0 Å². The molecule has 0 amide bonds. The maximum absolute atomic E-state index is 12.5. The van der Waals surface area contributed by atoms with Crippen molar-refractivity contribution in [3.63, 3.8) is 0 Å². The van der Waals surface area contributed by atoms with Crippen LogP contribution in [0.3, 0.4) is 0 Å². The molecule has 1 atom stereocenters. The third kappa shape index (κ3) is 2.24. The van der Waals surface area contributed by atoms with Crippen LogP contribution in [0, 0.1) is 0 Å². The van der Waals surface area contributed by atoms with Gasteiger partial charge in [-0.3, -0.25) is 14.3 Å². The lowest BCUT2D eigenvalue weighted by Crippen LogP contribution is -2.32. The first-order valence-corrected chi connectivity index (χ1v) is 7.35. The summed E-state index contributed by atoms with van der Waals surface area (Å²) in [5, 5.41) is 0.591. The van der Waals surface area contributed by atoms with Gasteiger partial charge in [0.25, 0.3) is 5.56 Å². The number of pyridine rings is 1. The smallest absolute Gasteiger partial charge is 0.261 e. The highest BCUT2D eigenvalue weighted by Gasteiger charge is 2.20. The van der Waals surface area contributed by atoms with Gasteiger partial charge in [-0.05, 0) is 30.5 Å². The Morgan fingerprint density at radius 1 is 1.27 bits per heavy atom. The van der Waals surface area contributed by atoms with Crippen LogP contribution in [0.2, 0.25) is 0 Å².